The Morgan fingerprint density at radius 2 is 0.773 bits per heavy atom. The summed E-state index contributed by atoms with van der Waals surface area (Å²) < 4.78 is 158. The van der Waals surface area contributed by atoms with Crippen molar-refractivity contribution in [1.82, 2.24) is 19.9 Å². The van der Waals surface area contributed by atoms with Crippen molar-refractivity contribution >= 4 is 20.2 Å². The fourth-order valence-corrected chi connectivity index (χ4v) is 2.47. The quantitative estimate of drug-likeness (QED) is 0.118. The Bertz CT molecular complexity index is 1360. The maximum Gasteiger partial charge on any atom is 2.00 e. The summed E-state index contributed by atoms with van der Waals surface area (Å²) in [5, 5.41) is 0. The predicted molar refractivity (Wildman–Crippen MR) is 124 cm³/mol. The molecule has 3 rings (SSSR count). The van der Waals surface area contributed by atoms with Crippen LogP contribution in [-0.4, -0.2) is 67.8 Å². The van der Waals surface area contributed by atoms with E-state index in [0.717, 1.165) is 0 Å². The molecule has 0 saturated heterocycles. The zero-order valence-electron chi connectivity index (χ0n) is 21.1. The molecule has 0 saturated carbocycles. The van der Waals surface area contributed by atoms with E-state index in [-0.39, 0.29) is 47.7 Å². The summed E-state index contributed by atoms with van der Waals surface area (Å²) in [5.74, 6) is -1.74. The summed E-state index contributed by atoms with van der Waals surface area (Å²) in [7, 11) is -12.2. The topological polar surface area (TPSA) is 219 Å². The second-order valence-corrected chi connectivity index (χ2v) is 10.0. The molecule has 3 heterocycles. The fraction of sp³-hybridized carbons (Fsp3) is 0.250. The van der Waals surface area contributed by atoms with E-state index in [1.54, 1.807) is 36.4 Å². The van der Waals surface area contributed by atoms with Crippen LogP contribution in [0.15, 0.2) is 54.6 Å². The number of alkyl halides is 6. The maximum absolute atomic E-state index is 13.3. The molecule has 250 valence electrons. The van der Waals surface area contributed by atoms with Gasteiger partial charge in [-0.3, -0.25) is 4.90 Å². The predicted octanol–water partition coefficient (Wildman–Crippen LogP) is 1.94. The molecule has 0 bridgehead atoms. The minimum absolute atomic E-state index is 0. The number of pyridine rings is 3. The smallest absolute Gasteiger partial charge is 0.741 e. The van der Waals surface area contributed by atoms with Gasteiger partial charge in [0, 0.05) is 19.6 Å². The van der Waals surface area contributed by atoms with Gasteiger partial charge in [0.15, 0.2) is 20.2 Å². The normalized spacial score (nSPS) is 11.4. The van der Waals surface area contributed by atoms with E-state index >= 15 is 0 Å². The molecule has 24 heteroatoms. The van der Waals surface area contributed by atoms with E-state index < -0.39 is 49.1 Å². The Labute approximate surface area is 253 Å². The van der Waals surface area contributed by atoms with Crippen LogP contribution in [0.5, 0.6) is 0 Å². The van der Waals surface area contributed by atoms with Gasteiger partial charge in [-0.1, -0.05) is 18.2 Å². The number of aromatic nitrogens is 3. The summed E-state index contributed by atoms with van der Waals surface area (Å²) in [6.07, 6.45) is 0. The summed E-state index contributed by atoms with van der Waals surface area (Å²) in [4.78, 5) is 13.3. The third kappa shape index (κ3) is 17.4. The molecule has 12 nitrogen and oxygen atoms in total. The van der Waals surface area contributed by atoms with E-state index in [1.165, 1.54) is 18.2 Å². The Hall–Kier alpha value is -2.96. The Kier molecular flexibility index (Phi) is 19.4. The Morgan fingerprint density at radius 3 is 0.932 bits per heavy atom. The van der Waals surface area contributed by atoms with Gasteiger partial charge in [-0.15, -0.1) is 0 Å². The summed E-state index contributed by atoms with van der Waals surface area (Å²) in [5.41, 5.74) is -9.77. The summed E-state index contributed by atoms with van der Waals surface area (Å²) >= 11 is 0. The molecule has 4 N–H and O–H groups in total. The largest absolute Gasteiger partial charge is 2.00 e. The van der Waals surface area contributed by atoms with Crippen molar-refractivity contribution in [2.24, 2.45) is 0 Å². The molecule has 0 aliphatic carbocycles. The molecule has 0 atom stereocenters. The SMILES string of the molecule is Fc1cccc(CN(Cc2cccc(F)n2)Cc2cccc(F)n2)n1.O.O.O=S(=O)([O-])C(F)(F)F.O=S(=O)([O-])C(F)(F)F.[Fe+2]. The van der Waals surface area contributed by atoms with Crippen LogP contribution in [0.3, 0.4) is 0 Å². The molecule has 3 aromatic rings. The average Bonchev–Trinajstić information content (AvgIpc) is 2.77. The summed E-state index contributed by atoms with van der Waals surface area (Å²) in [6, 6.07) is 13.5. The fourth-order valence-electron chi connectivity index (χ4n) is 2.47. The van der Waals surface area contributed by atoms with Crippen LogP contribution in [0.1, 0.15) is 17.1 Å². The van der Waals surface area contributed by atoms with Crippen molar-refractivity contribution in [1.29, 1.82) is 0 Å². The molecule has 3 aromatic heterocycles. The minimum Gasteiger partial charge on any atom is -0.741 e. The van der Waals surface area contributed by atoms with Gasteiger partial charge in [-0.2, -0.15) is 39.5 Å². The van der Waals surface area contributed by atoms with Gasteiger partial charge in [0.05, 0.1) is 17.1 Å². The van der Waals surface area contributed by atoms with Gasteiger partial charge < -0.3 is 20.1 Å². The number of hydrogen-bond donors (Lipinski definition) is 0. The third-order valence-corrected chi connectivity index (χ3v) is 5.18. The van der Waals surface area contributed by atoms with Crippen LogP contribution < -0.4 is 0 Å². The number of halogens is 9. The van der Waals surface area contributed by atoms with Gasteiger partial charge in [-0.25, -0.2) is 31.8 Å². The molecule has 44 heavy (non-hydrogen) atoms. The third-order valence-electron chi connectivity index (χ3n) is 4.04. The first-order chi connectivity index (χ1) is 18.6. The van der Waals surface area contributed by atoms with Crippen LogP contribution in [0.4, 0.5) is 39.5 Å². The van der Waals surface area contributed by atoms with Crippen molar-refractivity contribution in [3.05, 3.63) is 89.5 Å². The molecule has 0 radical (unpaired) electrons. The zero-order chi connectivity index (χ0) is 31.6. The minimum atomic E-state index is -6.09. The van der Waals surface area contributed by atoms with Gasteiger partial charge in [0.25, 0.3) is 0 Å². The first kappa shape index (κ1) is 45.5. The molecule has 0 amide bonds. The first-order valence-electron chi connectivity index (χ1n) is 10.2. The second kappa shape index (κ2) is 18.8. The average molecular weight is 734 g/mol. The van der Waals surface area contributed by atoms with Crippen molar-refractivity contribution in [3.8, 4) is 0 Å². The molecule has 0 spiro atoms. The molecular weight excluding hydrogens is 715 g/mol. The van der Waals surface area contributed by atoms with Gasteiger partial charge in [0.1, 0.15) is 0 Å². The second-order valence-electron chi connectivity index (χ2n) is 7.30. The van der Waals surface area contributed by atoms with Gasteiger partial charge in [0.2, 0.25) is 17.8 Å². The monoisotopic (exact) mass is 734 g/mol. The van der Waals surface area contributed by atoms with E-state index in [1.807, 2.05) is 4.90 Å². The van der Waals surface area contributed by atoms with Crippen molar-refractivity contribution in [2.45, 2.75) is 30.7 Å². The van der Waals surface area contributed by atoms with Gasteiger partial charge >= 0.3 is 28.1 Å². The number of rotatable bonds is 6. The zero-order valence-corrected chi connectivity index (χ0v) is 23.9. The molecular formula is C20H19F9FeN4O8S2. The van der Waals surface area contributed by atoms with E-state index in [2.05, 4.69) is 15.0 Å². The van der Waals surface area contributed by atoms with Crippen LogP contribution >= 0.6 is 0 Å². The molecule has 0 unspecified atom stereocenters. The molecule has 0 fully saturated rings. The Morgan fingerprint density at radius 1 is 0.568 bits per heavy atom. The van der Waals surface area contributed by atoms with E-state index in [4.69, 9.17) is 25.9 Å². The standard InChI is InChI=1S/C18H15F3N4.2CHF3O3S.Fe.2H2O/c19-16-7-1-4-13(22-16)10-25(11-14-5-2-8-17(20)23-14)12-15-6-3-9-18(21)24-15;2*2-1(3,4)8(5,6)7;;;/h1-9H,10-12H2;2*(H,5,6,7);;2*1H2/q;;;+2;;/p-2. The molecule has 0 aromatic carbocycles. The van der Waals surface area contributed by atoms with Crippen molar-refractivity contribution in [2.75, 3.05) is 0 Å². The van der Waals surface area contributed by atoms with E-state index in [9.17, 15) is 39.5 Å². The van der Waals surface area contributed by atoms with Crippen LogP contribution in [0.2, 0.25) is 0 Å². The first-order valence-corrected chi connectivity index (χ1v) is 13.0. The van der Waals surface area contributed by atoms with Crippen molar-refractivity contribution in [3.63, 3.8) is 0 Å². The van der Waals surface area contributed by atoms with Crippen LogP contribution in [-0.2, 0) is 56.9 Å². The maximum atomic E-state index is 13.3. The molecule has 0 aliphatic heterocycles. The molecule has 0 aliphatic rings. The number of nitrogens with zero attached hydrogens (tertiary/aromatic N) is 4. The van der Waals surface area contributed by atoms with Crippen molar-refractivity contribution < 1.29 is 93.5 Å². The van der Waals surface area contributed by atoms with Crippen LogP contribution in [0, 0.1) is 17.8 Å². The Balaban J connectivity index is -0.000000742. The number of hydrogen-bond acceptors (Lipinski definition) is 10. The summed E-state index contributed by atoms with van der Waals surface area (Å²) in [6.45, 7) is 0.858. The van der Waals surface area contributed by atoms with E-state index in [0.29, 0.717) is 17.1 Å². The van der Waals surface area contributed by atoms with Gasteiger partial charge in [-0.05, 0) is 36.4 Å². The van der Waals surface area contributed by atoms with Crippen LogP contribution in [0.25, 0.3) is 0 Å².